The second-order valence-electron chi connectivity index (χ2n) is 4.28. The Kier molecular flexibility index (Phi) is 3.90. The van der Waals surface area contributed by atoms with Gasteiger partial charge in [-0.15, -0.1) is 0 Å². The molecule has 0 aliphatic rings. The highest BCUT2D eigenvalue weighted by molar-refractivity contribution is 5.92. The van der Waals surface area contributed by atoms with Crippen molar-refractivity contribution in [2.75, 3.05) is 6.54 Å². The Morgan fingerprint density at radius 1 is 1.05 bits per heavy atom. The highest BCUT2D eigenvalue weighted by atomic mass is 19.4. The van der Waals surface area contributed by atoms with Gasteiger partial charge in [-0.3, -0.25) is 0 Å². The van der Waals surface area contributed by atoms with Gasteiger partial charge in [0.2, 0.25) is 0 Å². The van der Waals surface area contributed by atoms with E-state index in [4.69, 9.17) is 0 Å². The van der Waals surface area contributed by atoms with Gasteiger partial charge < -0.3 is 5.32 Å². The zero-order valence-corrected chi connectivity index (χ0v) is 10.3. The molecule has 0 fully saturated rings. The molecule has 0 aromatic heterocycles. The van der Waals surface area contributed by atoms with E-state index < -0.39 is 12.7 Å². The van der Waals surface area contributed by atoms with E-state index in [1.165, 1.54) is 0 Å². The van der Waals surface area contributed by atoms with Gasteiger partial charge in [0.25, 0.3) is 0 Å². The number of alkyl halides is 3. The molecule has 0 spiro atoms. The lowest BCUT2D eigenvalue weighted by atomic mass is 9.99. The highest BCUT2D eigenvalue weighted by Crippen LogP contribution is 2.24. The molecule has 1 N–H and O–H groups in total. The fraction of sp³-hybridized carbons (Fsp3) is 0.200. The van der Waals surface area contributed by atoms with Crippen molar-refractivity contribution in [2.45, 2.75) is 12.7 Å². The van der Waals surface area contributed by atoms with Crippen molar-refractivity contribution in [3.05, 3.63) is 54.1 Å². The molecule has 4 heteroatoms. The Labute approximate surface area is 109 Å². The van der Waals surface area contributed by atoms with E-state index in [0.29, 0.717) is 0 Å². The molecule has 0 unspecified atom stereocenters. The van der Waals surface area contributed by atoms with E-state index in [0.717, 1.165) is 21.9 Å². The first-order chi connectivity index (χ1) is 9.01. The molecule has 2 aromatic rings. The van der Waals surface area contributed by atoms with Crippen LogP contribution in [0.1, 0.15) is 11.1 Å². The van der Waals surface area contributed by atoms with Gasteiger partial charge in [0, 0.05) is 6.54 Å². The summed E-state index contributed by atoms with van der Waals surface area (Å²) in [5.41, 5.74) is 1.83. The molecule has 0 amide bonds. The molecule has 0 aliphatic carbocycles. The fourth-order valence-corrected chi connectivity index (χ4v) is 2.06. The molecule has 19 heavy (non-hydrogen) atoms. The molecule has 0 saturated carbocycles. The first-order valence-electron chi connectivity index (χ1n) is 5.92. The van der Waals surface area contributed by atoms with Gasteiger partial charge in [-0.1, -0.05) is 49.1 Å². The quantitative estimate of drug-likeness (QED) is 0.876. The third-order valence-corrected chi connectivity index (χ3v) is 2.91. The van der Waals surface area contributed by atoms with Crippen molar-refractivity contribution in [3.8, 4) is 0 Å². The van der Waals surface area contributed by atoms with Gasteiger partial charge in [-0.25, -0.2) is 0 Å². The van der Waals surface area contributed by atoms with Crippen LogP contribution in [0.15, 0.2) is 43.0 Å². The summed E-state index contributed by atoms with van der Waals surface area (Å²) in [7, 11) is 0. The largest absolute Gasteiger partial charge is 0.401 e. The third kappa shape index (κ3) is 3.35. The standard InChI is InChI=1S/C15H14F3N/c1-2-11-7-8-12(9-19-10-15(16,17)18)14-6-4-3-5-13(11)14/h2-8,19H,1,9-10H2. The minimum atomic E-state index is -4.18. The topological polar surface area (TPSA) is 12.0 Å². The lowest BCUT2D eigenvalue weighted by Gasteiger charge is -2.11. The van der Waals surface area contributed by atoms with Crippen LogP contribution in [0.3, 0.4) is 0 Å². The predicted molar refractivity (Wildman–Crippen MR) is 71.8 cm³/mol. The van der Waals surface area contributed by atoms with Crippen LogP contribution in [-0.2, 0) is 6.54 Å². The lowest BCUT2D eigenvalue weighted by molar-refractivity contribution is -0.125. The van der Waals surface area contributed by atoms with Gasteiger partial charge >= 0.3 is 6.18 Å². The number of fused-ring (bicyclic) bond motifs is 1. The fourth-order valence-electron chi connectivity index (χ4n) is 2.06. The Morgan fingerprint density at radius 2 is 1.74 bits per heavy atom. The molecular weight excluding hydrogens is 251 g/mol. The summed E-state index contributed by atoms with van der Waals surface area (Å²) < 4.78 is 36.3. The Bertz CT molecular complexity index is 587. The number of rotatable bonds is 4. The van der Waals surface area contributed by atoms with Crippen molar-refractivity contribution < 1.29 is 13.2 Å². The summed E-state index contributed by atoms with van der Waals surface area (Å²) in [5, 5.41) is 4.38. The van der Waals surface area contributed by atoms with Crippen LogP contribution in [0.2, 0.25) is 0 Å². The van der Waals surface area contributed by atoms with Crippen LogP contribution < -0.4 is 5.32 Å². The third-order valence-electron chi connectivity index (χ3n) is 2.91. The van der Waals surface area contributed by atoms with Gasteiger partial charge in [-0.2, -0.15) is 13.2 Å². The molecule has 0 radical (unpaired) electrons. The molecule has 0 bridgehead atoms. The molecule has 100 valence electrons. The summed E-state index contributed by atoms with van der Waals surface area (Å²) in [4.78, 5) is 0. The maximum absolute atomic E-state index is 12.1. The average molecular weight is 265 g/mol. The van der Waals surface area contributed by atoms with Crippen molar-refractivity contribution in [2.24, 2.45) is 0 Å². The molecule has 2 aromatic carbocycles. The normalized spacial score (nSPS) is 11.7. The molecule has 0 heterocycles. The first kappa shape index (κ1) is 13.6. The summed E-state index contributed by atoms with van der Waals surface area (Å²) in [5.74, 6) is 0. The number of hydrogen-bond donors (Lipinski definition) is 1. The van der Waals surface area contributed by atoms with E-state index in [-0.39, 0.29) is 6.54 Å². The minimum absolute atomic E-state index is 0.192. The molecule has 0 aliphatic heterocycles. The molecule has 0 atom stereocenters. The Balaban J connectivity index is 2.27. The zero-order chi connectivity index (χ0) is 13.9. The van der Waals surface area contributed by atoms with Crippen LogP contribution in [-0.4, -0.2) is 12.7 Å². The number of halogens is 3. The number of benzene rings is 2. The van der Waals surface area contributed by atoms with Gasteiger partial charge in [0.05, 0.1) is 6.54 Å². The maximum Gasteiger partial charge on any atom is 0.401 e. The van der Waals surface area contributed by atoms with E-state index >= 15 is 0 Å². The zero-order valence-electron chi connectivity index (χ0n) is 10.3. The highest BCUT2D eigenvalue weighted by Gasteiger charge is 2.26. The summed E-state index contributed by atoms with van der Waals surface area (Å²) in [6.07, 6.45) is -2.44. The van der Waals surface area contributed by atoms with Crippen LogP contribution >= 0.6 is 0 Å². The first-order valence-corrected chi connectivity index (χ1v) is 5.92. The molecule has 0 saturated heterocycles. The van der Waals surface area contributed by atoms with Crippen LogP contribution in [0.25, 0.3) is 16.8 Å². The Morgan fingerprint density at radius 3 is 2.37 bits per heavy atom. The smallest absolute Gasteiger partial charge is 0.305 e. The second kappa shape index (κ2) is 5.45. The SMILES string of the molecule is C=Cc1ccc(CNCC(F)(F)F)c2ccccc12. The van der Waals surface area contributed by atoms with Gasteiger partial charge in [-0.05, 0) is 21.9 Å². The van der Waals surface area contributed by atoms with E-state index in [2.05, 4.69) is 11.9 Å². The summed E-state index contributed by atoms with van der Waals surface area (Å²) in [6, 6.07) is 11.3. The molecule has 2 rings (SSSR count). The van der Waals surface area contributed by atoms with E-state index in [1.54, 1.807) is 6.08 Å². The van der Waals surface area contributed by atoms with Gasteiger partial charge in [0.15, 0.2) is 0 Å². The van der Waals surface area contributed by atoms with Crippen molar-refractivity contribution in [1.29, 1.82) is 0 Å². The van der Waals surface area contributed by atoms with E-state index in [9.17, 15) is 13.2 Å². The van der Waals surface area contributed by atoms with Crippen LogP contribution in [0.4, 0.5) is 13.2 Å². The monoisotopic (exact) mass is 265 g/mol. The van der Waals surface area contributed by atoms with Crippen molar-refractivity contribution >= 4 is 16.8 Å². The predicted octanol–water partition coefficient (Wildman–Crippen LogP) is 4.13. The Hall–Kier alpha value is -1.81. The second-order valence-corrected chi connectivity index (χ2v) is 4.28. The van der Waals surface area contributed by atoms with Crippen molar-refractivity contribution in [1.82, 2.24) is 5.32 Å². The summed E-state index contributed by atoms with van der Waals surface area (Å²) >= 11 is 0. The minimum Gasteiger partial charge on any atom is -0.305 e. The molecule has 1 nitrogen and oxygen atoms in total. The van der Waals surface area contributed by atoms with Gasteiger partial charge in [0.1, 0.15) is 0 Å². The summed E-state index contributed by atoms with van der Waals surface area (Å²) in [6.45, 7) is 2.95. The van der Waals surface area contributed by atoms with E-state index in [1.807, 2.05) is 36.4 Å². The average Bonchev–Trinajstić information content (AvgIpc) is 2.37. The number of nitrogens with one attached hydrogen (secondary N) is 1. The number of hydrogen-bond acceptors (Lipinski definition) is 1. The van der Waals surface area contributed by atoms with Crippen molar-refractivity contribution in [3.63, 3.8) is 0 Å². The lowest BCUT2D eigenvalue weighted by Crippen LogP contribution is -2.28. The van der Waals surface area contributed by atoms with Crippen LogP contribution in [0, 0.1) is 0 Å². The maximum atomic E-state index is 12.1. The van der Waals surface area contributed by atoms with Crippen LogP contribution in [0.5, 0.6) is 0 Å². The molecular formula is C15H14F3N.